The highest BCUT2D eigenvalue weighted by atomic mass is 32.2. The zero-order chi connectivity index (χ0) is 19.2. The molecule has 9 heteroatoms. The Morgan fingerprint density at radius 1 is 1.00 bits per heavy atom. The number of nitrogens with zero attached hydrogens (tertiary/aromatic N) is 5. The van der Waals surface area contributed by atoms with Crippen LogP contribution in [0.4, 0.5) is 17.6 Å². The second-order valence-corrected chi connectivity index (χ2v) is 7.60. The maximum absolute atomic E-state index is 9.16. The van der Waals surface area contributed by atoms with E-state index < -0.39 is 0 Å². The highest BCUT2D eigenvalue weighted by Crippen LogP contribution is 2.29. The Bertz CT molecular complexity index is 919. The molecule has 1 fully saturated rings. The number of aliphatic hydroxyl groups is 1. The summed E-state index contributed by atoms with van der Waals surface area (Å²) in [6.45, 7) is 2.90. The highest BCUT2D eigenvalue weighted by Gasteiger charge is 2.20. The van der Waals surface area contributed by atoms with E-state index in [1.165, 1.54) is 0 Å². The van der Waals surface area contributed by atoms with E-state index >= 15 is 0 Å². The Balaban J connectivity index is 1.71. The van der Waals surface area contributed by atoms with Crippen molar-refractivity contribution in [3.05, 3.63) is 42.2 Å². The molecule has 146 valence electrons. The second-order valence-electron chi connectivity index (χ2n) is 6.38. The van der Waals surface area contributed by atoms with Gasteiger partial charge in [-0.3, -0.25) is 0 Å². The Morgan fingerprint density at radius 2 is 1.82 bits per heavy atom. The average Bonchev–Trinajstić information content (AvgIpc) is 2.77. The average molecular weight is 398 g/mol. The van der Waals surface area contributed by atoms with Crippen LogP contribution >= 0.6 is 11.8 Å². The molecule has 0 bridgehead atoms. The fourth-order valence-electron chi connectivity index (χ4n) is 3.09. The van der Waals surface area contributed by atoms with E-state index in [0.717, 1.165) is 41.5 Å². The van der Waals surface area contributed by atoms with Gasteiger partial charge >= 0.3 is 0 Å². The van der Waals surface area contributed by atoms with Crippen LogP contribution in [0.2, 0.25) is 0 Å². The molecule has 0 unspecified atom stereocenters. The Morgan fingerprint density at radius 3 is 2.61 bits per heavy atom. The zero-order valence-electron chi connectivity index (χ0n) is 15.5. The summed E-state index contributed by atoms with van der Waals surface area (Å²) >= 11 is 1.95. The van der Waals surface area contributed by atoms with Crippen molar-refractivity contribution in [1.29, 1.82) is 0 Å². The van der Waals surface area contributed by atoms with Crippen molar-refractivity contribution in [3.8, 4) is 0 Å². The predicted molar refractivity (Wildman–Crippen MR) is 114 cm³/mol. The van der Waals surface area contributed by atoms with Crippen LogP contribution < -0.4 is 15.5 Å². The van der Waals surface area contributed by atoms with Crippen molar-refractivity contribution >= 4 is 40.4 Å². The van der Waals surface area contributed by atoms with E-state index in [-0.39, 0.29) is 6.61 Å². The number of nitrogens with one attached hydrogen (secondary N) is 2. The lowest BCUT2D eigenvalue weighted by atomic mass is 10.2. The molecule has 2 aromatic heterocycles. The van der Waals surface area contributed by atoms with Gasteiger partial charge in [0.2, 0.25) is 5.95 Å². The van der Waals surface area contributed by atoms with Crippen molar-refractivity contribution in [2.45, 2.75) is 6.54 Å². The van der Waals surface area contributed by atoms with Gasteiger partial charge in [0.1, 0.15) is 17.4 Å². The van der Waals surface area contributed by atoms with E-state index in [1.54, 1.807) is 6.33 Å². The standard InChI is InChI=1S/C19H23N7OS/c27-9-6-20-19-24-15-16(18(25-19)26-7-10-28-11-8-26)22-13-23-17(15)21-12-14-4-2-1-3-5-14/h1-5,13,27H,6-12H2,(H,20,24,25)(H,21,22,23). The summed E-state index contributed by atoms with van der Waals surface area (Å²) in [5.41, 5.74) is 2.59. The molecule has 3 aromatic rings. The van der Waals surface area contributed by atoms with Gasteiger partial charge in [-0.25, -0.2) is 15.0 Å². The number of hydrogen-bond acceptors (Lipinski definition) is 9. The van der Waals surface area contributed by atoms with Crippen molar-refractivity contribution in [1.82, 2.24) is 19.9 Å². The quantitative estimate of drug-likeness (QED) is 0.553. The first-order valence-corrected chi connectivity index (χ1v) is 10.5. The first-order chi connectivity index (χ1) is 13.8. The van der Waals surface area contributed by atoms with Crippen molar-refractivity contribution < 1.29 is 5.11 Å². The molecule has 0 saturated carbocycles. The molecule has 3 heterocycles. The Hall–Kier alpha value is -2.65. The molecule has 8 nitrogen and oxygen atoms in total. The maximum atomic E-state index is 9.16. The summed E-state index contributed by atoms with van der Waals surface area (Å²) in [5, 5.41) is 15.6. The molecule has 0 aliphatic carbocycles. The van der Waals surface area contributed by atoms with Gasteiger partial charge in [-0.2, -0.15) is 16.7 Å². The van der Waals surface area contributed by atoms with Crippen molar-refractivity contribution in [2.75, 3.05) is 53.3 Å². The lowest BCUT2D eigenvalue weighted by Gasteiger charge is -2.28. The van der Waals surface area contributed by atoms with E-state index in [0.29, 0.717) is 30.4 Å². The van der Waals surface area contributed by atoms with Gasteiger partial charge in [-0.1, -0.05) is 30.3 Å². The third-order valence-electron chi connectivity index (χ3n) is 4.47. The summed E-state index contributed by atoms with van der Waals surface area (Å²) < 4.78 is 0. The summed E-state index contributed by atoms with van der Waals surface area (Å²) in [5.74, 6) is 4.10. The number of rotatable bonds is 7. The van der Waals surface area contributed by atoms with Crippen LogP contribution in [-0.2, 0) is 6.54 Å². The summed E-state index contributed by atoms with van der Waals surface area (Å²) in [4.78, 5) is 20.5. The van der Waals surface area contributed by atoms with Gasteiger partial charge < -0.3 is 20.6 Å². The lowest BCUT2D eigenvalue weighted by Crippen LogP contribution is -2.33. The minimum Gasteiger partial charge on any atom is -0.395 e. The molecule has 1 aromatic carbocycles. The molecule has 1 saturated heterocycles. The molecule has 28 heavy (non-hydrogen) atoms. The topological polar surface area (TPSA) is 99.1 Å². The van der Waals surface area contributed by atoms with Crippen LogP contribution in [0.3, 0.4) is 0 Å². The van der Waals surface area contributed by atoms with E-state index in [9.17, 15) is 0 Å². The van der Waals surface area contributed by atoms with E-state index in [1.807, 2.05) is 30.0 Å². The SMILES string of the molecule is OCCNc1nc(N2CCSCC2)c2ncnc(NCc3ccccc3)c2n1. The van der Waals surface area contributed by atoms with Gasteiger partial charge in [0.05, 0.1) is 6.61 Å². The van der Waals surface area contributed by atoms with E-state index in [4.69, 9.17) is 5.11 Å². The number of thioether (sulfide) groups is 1. The highest BCUT2D eigenvalue weighted by molar-refractivity contribution is 7.99. The van der Waals surface area contributed by atoms with Crippen LogP contribution in [0.15, 0.2) is 36.7 Å². The number of benzene rings is 1. The first-order valence-electron chi connectivity index (χ1n) is 9.33. The predicted octanol–water partition coefficient (Wildman–Crippen LogP) is 1.99. The normalized spacial score (nSPS) is 14.2. The number of hydrogen-bond donors (Lipinski definition) is 3. The van der Waals surface area contributed by atoms with Crippen LogP contribution in [0.25, 0.3) is 11.0 Å². The molecule has 1 aliphatic heterocycles. The van der Waals surface area contributed by atoms with Crippen molar-refractivity contribution in [3.63, 3.8) is 0 Å². The summed E-state index contributed by atoms with van der Waals surface area (Å²) in [6.07, 6.45) is 1.56. The van der Waals surface area contributed by atoms with Crippen LogP contribution in [0.1, 0.15) is 5.56 Å². The number of anilines is 3. The molecule has 0 atom stereocenters. The monoisotopic (exact) mass is 397 g/mol. The van der Waals surface area contributed by atoms with Gasteiger partial charge in [0, 0.05) is 37.7 Å². The molecule has 4 rings (SSSR count). The molecule has 1 aliphatic rings. The van der Waals surface area contributed by atoms with Crippen LogP contribution in [-0.4, -0.2) is 62.8 Å². The lowest BCUT2D eigenvalue weighted by molar-refractivity contribution is 0.311. The molecule has 0 radical (unpaired) electrons. The summed E-state index contributed by atoms with van der Waals surface area (Å²) in [7, 11) is 0. The Kier molecular flexibility index (Phi) is 6.03. The number of aromatic nitrogens is 4. The molecule has 0 amide bonds. The largest absolute Gasteiger partial charge is 0.395 e. The van der Waals surface area contributed by atoms with Gasteiger partial charge in [-0.05, 0) is 5.56 Å². The fraction of sp³-hybridized carbons (Fsp3) is 0.368. The molecule has 3 N–H and O–H groups in total. The van der Waals surface area contributed by atoms with Gasteiger partial charge in [0.15, 0.2) is 11.6 Å². The third-order valence-corrected chi connectivity index (χ3v) is 5.41. The van der Waals surface area contributed by atoms with Crippen LogP contribution in [0.5, 0.6) is 0 Å². The maximum Gasteiger partial charge on any atom is 0.225 e. The minimum atomic E-state index is 0.0154. The number of aliphatic hydroxyl groups excluding tert-OH is 1. The Labute approximate surface area is 167 Å². The zero-order valence-corrected chi connectivity index (χ0v) is 16.3. The smallest absolute Gasteiger partial charge is 0.225 e. The van der Waals surface area contributed by atoms with Crippen LogP contribution in [0, 0.1) is 0 Å². The summed E-state index contributed by atoms with van der Waals surface area (Å²) in [6, 6.07) is 10.2. The van der Waals surface area contributed by atoms with Crippen molar-refractivity contribution in [2.24, 2.45) is 0 Å². The van der Waals surface area contributed by atoms with E-state index in [2.05, 4.69) is 47.6 Å². The molecule has 0 spiro atoms. The molecular formula is C19H23N7OS. The van der Waals surface area contributed by atoms with Gasteiger partial charge in [0.25, 0.3) is 0 Å². The number of fused-ring (bicyclic) bond motifs is 1. The van der Waals surface area contributed by atoms with Gasteiger partial charge in [-0.15, -0.1) is 0 Å². The third kappa shape index (κ3) is 4.26. The minimum absolute atomic E-state index is 0.0154. The second kappa shape index (κ2) is 9.03. The molecular weight excluding hydrogens is 374 g/mol. The fourth-order valence-corrected chi connectivity index (χ4v) is 3.99. The first kappa shape index (κ1) is 18.7.